The van der Waals surface area contributed by atoms with Crippen LogP contribution in [0, 0.1) is 0 Å². The molecule has 1 saturated heterocycles. The second-order valence-corrected chi connectivity index (χ2v) is 8.14. The zero-order chi connectivity index (χ0) is 14.9. The van der Waals surface area contributed by atoms with Gasteiger partial charge in [0.25, 0.3) is 0 Å². The molecule has 0 radical (unpaired) electrons. The number of benzene rings is 1. The number of rotatable bonds is 3. The second kappa shape index (κ2) is 5.94. The fourth-order valence-corrected chi connectivity index (χ4v) is 4.09. The molecule has 1 aliphatic rings. The van der Waals surface area contributed by atoms with Crippen LogP contribution in [0.4, 0.5) is 0 Å². The molecule has 2 heteroatoms. The van der Waals surface area contributed by atoms with Gasteiger partial charge in [-0.15, -0.1) is 11.3 Å². The normalized spacial score (nSPS) is 16.5. The Hall–Kier alpha value is -1.12. The molecule has 0 atom stereocenters. The minimum atomic E-state index is 0.243. The van der Waals surface area contributed by atoms with Crippen molar-refractivity contribution in [2.45, 2.75) is 45.6 Å². The molecule has 21 heavy (non-hydrogen) atoms. The molecule has 0 saturated carbocycles. The smallest absolute Gasteiger partial charge is 0.0349 e. The third-order valence-corrected chi connectivity index (χ3v) is 5.76. The van der Waals surface area contributed by atoms with Crippen molar-refractivity contribution in [3.8, 4) is 10.4 Å². The average Bonchev–Trinajstić information content (AvgIpc) is 3.09. The molecule has 0 aliphatic carbocycles. The van der Waals surface area contributed by atoms with Crippen molar-refractivity contribution in [1.82, 2.24) is 4.90 Å². The highest BCUT2D eigenvalue weighted by molar-refractivity contribution is 7.15. The van der Waals surface area contributed by atoms with Gasteiger partial charge in [0.15, 0.2) is 0 Å². The highest BCUT2D eigenvalue weighted by Crippen LogP contribution is 2.36. The molecule has 2 aromatic rings. The van der Waals surface area contributed by atoms with Crippen LogP contribution < -0.4 is 0 Å². The van der Waals surface area contributed by atoms with Gasteiger partial charge in [-0.25, -0.2) is 0 Å². The van der Waals surface area contributed by atoms with Gasteiger partial charge in [-0.2, -0.15) is 0 Å². The minimum absolute atomic E-state index is 0.243. The summed E-state index contributed by atoms with van der Waals surface area (Å²) in [6.45, 7) is 10.5. The molecule has 3 rings (SSSR count). The van der Waals surface area contributed by atoms with E-state index < -0.39 is 0 Å². The van der Waals surface area contributed by atoms with Crippen molar-refractivity contribution in [2.75, 3.05) is 13.1 Å². The zero-order valence-corrected chi connectivity index (χ0v) is 14.2. The Morgan fingerprint density at radius 2 is 1.71 bits per heavy atom. The van der Waals surface area contributed by atoms with Crippen LogP contribution in [0.2, 0.25) is 0 Å². The molecule has 0 unspecified atom stereocenters. The summed E-state index contributed by atoms with van der Waals surface area (Å²) in [7, 11) is 0. The summed E-state index contributed by atoms with van der Waals surface area (Å²) in [5, 5.41) is 0. The van der Waals surface area contributed by atoms with Crippen LogP contribution in [0.3, 0.4) is 0 Å². The van der Waals surface area contributed by atoms with Crippen LogP contribution in [-0.4, -0.2) is 18.0 Å². The first-order valence-corrected chi connectivity index (χ1v) is 8.77. The molecule has 0 bridgehead atoms. The Kier molecular flexibility index (Phi) is 4.19. The fourth-order valence-electron chi connectivity index (χ4n) is 2.97. The maximum absolute atomic E-state index is 2.58. The molecule has 1 fully saturated rings. The summed E-state index contributed by atoms with van der Waals surface area (Å²) in [4.78, 5) is 5.46. The first kappa shape index (κ1) is 14.8. The van der Waals surface area contributed by atoms with Crippen molar-refractivity contribution in [2.24, 2.45) is 0 Å². The zero-order valence-electron chi connectivity index (χ0n) is 13.4. The van der Waals surface area contributed by atoms with Gasteiger partial charge in [-0.1, -0.05) is 45.0 Å². The Bertz CT molecular complexity index is 600. The fraction of sp³-hybridized carbons (Fsp3) is 0.474. The number of likely N-dealkylation sites (tertiary alicyclic amines) is 1. The predicted molar refractivity (Wildman–Crippen MR) is 93.0 cm³/mol. The predicted octanol–water partition coefficient (Wildman–Crippen LogP) is 5.31. The Morgan fingerprint density at radius 1 is 1.00 bits per heavy atom. The third-order valence-electron chi connectivity index (χ3n) is 4.22. The van der Waals surface area contributed by atoms with E-state index in [1.165, 1.54) is 46.8 Å². The summed E-state index contributed by atoms with van der Waals surface area (Å²) >= 11 is 1.95. The second-order valence-electron chi connectivity index (χ2n) is 7.05. The summed E-state index contributed by atoms with van der Waals surface area (Å²) < 4.78 is 0. The lowest BCUT2D eigenvalue weighted by atomic mass is 9.95. The van der Waals surface area contributed by atoms with Crippen molar-refractivity contribution in [3.05, 3.63) is 46.8 Å². The third kappa shape index (κ3) is 3.38. The molecule has 1 aliphatic heterocycles. The van der Waals surface area contributed by atoms with Gasteiger partial charge in [-0.3, -0.25) is 4.90 Å². The first-order valence-electron chi connectivity index (χ1n) is 7.95. The number of nitrogens with zero attached hydrogens (tertiary/aromatic N) is 1. The molecule has 112 valence electrons. The van der Waals surface area contributed by atoms with Gasteiger partial charge in [0.1, 0.15) is 0 Å². The van der Waals surface area contributed by atoms with Gasteiger partial charge in [-0.05, 0) is 54.6 Å². The molecule has 0 spiro atoms. The van der Waals surface area contributed by atoms with Gasteiger partial charge < -0.3 is 0 Å². The van der Waals surface area contributed by atoms with E-state index in [1.54, 1.807) is 0 Å². The first-order chi connectivity index (χ1) is 10.0. The molecule has 1 nitrogen and oxygen atoms in total. The minimum Gasteiger partial charge on any atom is -0.299 e. The lowest BCUT2D eigenvalue weighted by Crippen LogP contribution is -2.18. The lowest BCUT2D eigenvalue weighted by Gasteiger charge is -2.17. The number of thiophene rings is 1. The van der Waals surface area contributed by atoms with E-state index >= 15 is 0 Å². The molecule has 1 aromatic heterocycles. The number of hydrogen-bond donors (Lipinski definition) is 0. The maximum atomic E-state index is 2.58. The van der Waals surface area contributed by atoms with Crippen LogP contribution in [0.15, 0.2) is 36.4 Å². The largest absolute Gasteiger partial charge is 0.299 e. The van der Waals surface area contributed by atoms with E-state index in [9.17, 15) is 0 Å². The highest BCUT2D eigenvalue weighted by Gasteiger charge is 2.18. The molecule has 1 aromatic carbocycles. The van der Waals surface area contributed by atoms with E-state index in [2.05, 4.69) is 62.1 Å². The van der Waals surface area contributed by atoms with Crippen LogP contribution in [0.1, 0.15) is 44.1 Å². The SMILES string of the molecule is CC(C)(C)c1ccc(-c2ccccc2CN2CCCC2)s1. The van der Waals surface area contributed by atoms with Crippen molar-refractivity contribution < 1.29 is 0 Å². The van der Waals surface area contributed by atoms with Gasteiger partial charge in [0.2, 0.25) is 0 Å². The van der Waals surface area contributed by atoms with Crippen molar-refractivity contribution >= 4 is 11.3 Å². The van der Waals surface area contributed by atoms with Crippen LogP contribution in [0.25, 0.3) is 10.4 Å². The van der Waals surface area contributed by atoms with Crippen LogP contribution in [-0.2, 0) is 12.0 Å². The molecular formula is C19H25NS. The standard InChI is InChI=1S/C19H25NS/c1-19(2,3)18-11-10-17(21-18)16-9-5-4-8-15(16)14-20-12-6-7-13-20/h4-5,8-11H,6-7,12-14H2,1-3H3. The van der Waals surface area contributed by atoms with Crippen molar-refractivity contribution in [3.63, 3.8) is 0 Å². The summed E-state index contributed by atoms with van der Waals surface area (Å²) in [5.41, 5.74) is 3.14. The molecule has 2 heterocycles. The molecular weight excluding hydrogens is 274 g/mol. The van der Waals surface area contributed by atoms with E-state index in [0.29, 0.717) is 0 Å². The summed E-state index contributed by atoms with van der Waals surface area (Å²) in [5.74, 6) is 0. The maximum Gasteiger partial charge on any atom is 0.0349 e. The van der Waals surface area contributed by atoms with E-state index in [4.69, 9.17) is 0 Å². The van der Waals surface area contributed by atoms with E-state index in [-0.39, 0.29) is 5.41 Å². The molecule has 0 amide bonds. The Morgan fingerprint density at radius 3 is 2.38 bits per heavy atom. The Balaban J connectivity index is 1.89. The molecule has 0 N–H and O–H groups in total. The van der Waals surface area contributed by atoms with E-state index in [0.717, 1.165) is 6.54 Å². The van der Waals surface area contributed by atoms with Crippen LogP contribution >= 0.6 is 11.3 Å². The topological polar surface area (TPSA) is 3.24 Å². The van der Waals surface area contributed by atoms with Gasteiger partial charge >= 0.3 is 0 Å². The average molecular weight is 299 g/mol. The number of hydrogen-bond acceptors (Lipinski definition) is 2. The highest BCUT2D eigenvalue weighted by atomic mass is 32.1. The van der Waals surface area contributed by atoms with Crippen molar-refractivity contribution in [1.29, 1.82) is 0 Å². The van der Waals surface area contributed by atoms with Gasteiger partial charge in [0.05, 0.1) is 0 Å². The van der Waals surface area contributed by atoms with E-state index in [1.807, 2.05) is 11.3 Å². The van der Waals surface area contributed by atoms with Gasteiger partial charge in [0, 0.05) is 16.3 Å². The monoisotopic (exact) mass is 299 g/mol. The summed E-state index contributed by atoms with van der Waals surface area (Å²) in [6, 6.07) is 13.5. The quantitative estimate of drug-likeness (QED) is 0.742. The van der Waals surface area contributed by atoms with Crippen LogP contribution in [0.5, 0.6) is 0 Å². The summed E-state index contributed by atoms with van der Waals surface area (Å²) in [6.07, 6.45) is 2.71. The lowest BCUT2D eigenvalue weighted by molar-refractivity contribution is 0.332. The Labute approximate surface area is 132 Å².